The summed E-state index contributed by atoms with van der Waals surface area (Å²) in [4.78, 5) is 12.5. The molecule has 1 saturated heterocycles. The zero-order valence-electron chi connectivity index (χ0n) is 16.1. The van der Waals surface area contributed by atoms with Crippen molar-refractivity contribution < 1.29 is 13.7 Å². The van der Waals surface area contributed by atoms with Gasteiger partial charge >= 0.3 is 0 Å². The van der Waals surface area contributed by atoms with Crippen LogP contribution < -0.4 is 0 Å². The minimum absolute atomic E-state index is 0.318. The van der Waals surface area contributed by atoms with E-state index in [1.165, 1.54) is 12.8 Å². The van der Waals surface area contributed by atoms with Gasteiger partial charge in [0.2, 0.25) is 0 Å². The number of ether oxygens (including phenoxy) is 1. The van der Waals surface area contributed by atoms with Crippen molar-refractivity contribution in [2.45, 2.75) is 44.1 Å². The maximum atomic E-state index is 12.0. The lowest BCUT2D eigenvalue weighted by Gasteiger charge is -2.14. The van der Waals surface area contributed by atoms with E-state index in [1.54, 1.807) is 0 Å². The number of benzene rings is 1. The fourth-order valence-corrected chi connectivity index (χ4v) is 3.22. The van der Waals surface area contributed by atoms with E-state index in [-0.39, 0.29) is 5.60 Å². The van der Waals surface area contributed by atoms with E-state index in [0.29, 0.717) is 6.47 Å². The smallest absolute Gasteiger partial charge is 0.293 e. The standard InChI is InChI=1S/C10H12BrNOS.C5H10O2.C3H9N/c11-9-3-5-10(6-4-9)14(13)12-7-1-2-8-12;1-5(2,3)7-4-6;1-4(2)3/h3-6H,1-2,7-8H2;4H,1-3H3;1-3H3. The summed E-state index contributed by atoms with van der Waals surface area (Å²) in [5, 5.41) is 0. The van der Waals surface area contributed by atoms with E-state index in [9.17, 15) is 9.00 Å². The molecular weight excluding hydrogens is 404 g/mol. The number of carbonyl (C=O) groups is 1. The summed E-state index contributed by atoms with van der Waals surface area (Å²) in [6, 6.07) is 7.70. The lowest BCUT2D eigenvalue weighted by molar-refractivity contribution is -0.138. The van der Waals surface area contributed by atoms with Gasteiger partial charge in [0, 0.05) is 17.6 Å². The van der Waals surface area contributed by atoms with Gasteiger partial charge in [-0.2, -0.15) is 0 Å². The average molecular weight is 435 g/mol. The van der Waals surface area contributed by atoms with E-state index < -0.39 is 11.0 Å². The molecule has 7 heteroatoms. The van der Waals surface area contributed by atoms with Gasteiger partial charge in [0.05, 0.1) is 4.90 Å². The minimum atomic E-state index is -0.955. The van der Waals surface area contributed by atoms with Crippen LogP contribution in [0.15, 0.2) is 33.6 Å². The van der Waals surface area contributed by atoms with Crippen LogP contribution in [-0.4, -0.2) is 59.7 Å². The Bertz CT molecular complexity index is 507. The van der Waals surface area contributed by atoms with Crippen LogP contribution >= 0.6 is 15.9 Å². The molecule has 0 aliphatic carbocycles. The van der Waals surface area contributed by atoms with Gasteiger partial charge in [-0.15, -0.1) is 0 Å². The Balaban J connectivity index is 0.000000442. The van der Waals surface area contributed by atoms with E-state index >= 15 is 0 Å². The molecule has 0 bridgehead atoms. The quantitative estimate of drug-likeness (QED) is 0.680. The van der Waals surface area contributed by atoms with Gasteiger partial charge in [0.25, 0.3) is 6.47 Å². The van der Waals surface area contributed by atoms with Crippen LogP contribution in [0.3, 0.4) is 0 Å². The van der Waals surface area contributed by atoms with Gasteiger partial charge in [0.1, 0.15) is 16.6 Å². The molecule has 1 fully saturated rings. The Morgan fingerprint density at radius 2 is 1.56 bits per heavy atom. The van der Waals surface area contributed by atoms with Gasteiger partial charge in [-0.25, -0.2) is 8.51 Å². The van der Waals surface area contributed by atoms with Gasteiger partial charge < -0.3 is 9.64 Å². The molecule has 0 spiro atoms. The number of hydrogen-bond acceptors (Lipinski definition) is 4. The number of halogens is 1. The maximum absolute atomic E-state index is 12.0. The molecule has 1 aliphatic rings. The lowest BCUT2D eigenvalue weighted by atomic mass is 10.2. The molecule has 0 radical (unpaired) electrons. The van der Waals surface area contributed by atoms with Gasteiger partial charge in [-0.3, -0.25) is 4.79 Å². The number of nitrogens with zero attached hydrogens (tertiary/aromatic N) is 2. The second kappa shape index (κ2) is 12.6. The summed E-state index contributed by atoms with van der Waals surface area (Å²) < 4.78 is 19.6. The molecule has 1 aliphatic heterocycles. The van der Waals surface area contributed by atoms with Gasteiger partial charge in [-0.05, 0) is 79.0 Å². The first-order valence-corrected chi connectivity index (χ1v) is 10.1. The molecule has 5 nitrogen and oxygen atoms in total. The van der Waals surface area contributed by atoms with E-state index in [2.05, 4.69) is 20.7 Å². The predicted molar refractivity (Wildman–Crippen MR) is 108 cm³/mol. The van der Waals surface area contributed by atoms with Crippen molar-refractivity contribution in [3.8, 4) is 0 Å². The molecular formula is C18H31BrN2O3S. The molecule has 1 aromatic rings. The number of carbonyl (C=O) groups excluding carboxylic acids is 1. The van der Waals surface area contributed by atoms with Gasteiger partial charge in [0.15, 0.2) is 0 Å². The van der Waals surface area contributed by atoms with Crippen molar-refractivity contribution in [2.24, 2.45) is 0 Å². The SMILES string of the molecule is CC(C)(C)OC=O.CN(C)C.O=S(c1ccc(Br)cc1)N1CCCC1. The number of hydrogen-bond donors (Lipinski definition) is 0. The summed E-state index contributed by atoms with van der Waals surface area (Å²) in [6.07, 6.45) is 2.34. The molecule has 1 aromatic carbocycles. The summed E-state index contributed by atoms with van der Waals surface area (Å²) in [5.41, 5.74) is -0.318. The Kier molecular flexibility index (Phi) is 12.2. The molecule has 1 heterocycles. The van der Waals surface area contributed by atoms with E-state index in [0.717, 1.165) is 22.5 Å². The van der Waals surface area contributed by atoms with Crippen LogP contribution in [-0.2, 0) is 20.5 Å². The second-order valence-corrected chi connectivity index (χ2v) is 9.41. The van der Waals surface area contributed by atoms with Crippen LogP contribution in [0.1, 0.15) is 33.6 Å². The zero-order valence-corrected chi connectivity index (χ0v) is 18.5. The highest BCUT2D eigenvalue weighted by Gasteiger charge is 2.18. The fraction of sp³-hybridized carbons (Fsp3) is 0.611. The van der Waals surface area contributed by atoms with Crippen LogP contribution in [0.2, 0.25) is 0 Å². The minimum Gasteiger partial charge on any atom is -0.462 e. The van der Waals surface area contributed by atoms with Crippen molar-refractivity contribution >= 4 is 33.4 Å². The summed E-state index contributed by atoms with van der Waals surface area (Å²) >= 11 is 3.37. The highest BCUT2D eigenvalue weighted by atomic mass is 79.9. The third-order valence-corrected chi connectivity index (χ3v) is 4.75. The number of rotatable bonds is 3. The highest BCUT2D eigenvalue weighted by molar-refractivity contribution is 9.10. The molecule has 144 valence electrons. The van der Waals surface area contributed by atoms with E-state index in [4.69, 9.17) is 0 Å². The third kappa shape index (κ3) is 13.1. The summed E-state index contributed by atoms with van der Waals surface area (Å²) in [7, 11) is 5.05. The van der Waals surface area contributed by atoms with Crippen molar-refractivity contribution in [1.82, 2.24) is 9.21 Å². The van der Waals surface area contributed by atoms with Crippen LogP contribution in [0.25, 0.3) is 0 Å². The van der Waals surface area contributed by atoms with Crippen molar-refractivity contribution in [2.75, 3.05) is 34.2 Å². The maximum Gasteiger partial charge on any atom is 0.293 e. The van der Waals surface area contributed by atoms with Crippen LogP contribution in [0.4, 0.5) is 0 Å². The topological polar surface area (TPSA) is 49.9 Å². The molecule has 1 unspecified atom stereocenters. The van der Waals surface area contributed by atoms with E-state index in [1.807, 2.05) is 75.4 Å². The zero-order chi connectivity index (χ0) is 19.5. The Morgan fingerprint density at radius 1 is 1.12 bits per heavy atom. The van der Waals surface area contributed by atoms with Crippen LogP contribution in [0.5, 0.6) is 0 Å². The Labute approximate surface area is 163 Å². The second-order valence-electron chi connectivity index (χ2n) is 7.01. The molecule has 2 rings (SSSR count). The average Bonchev–Trinajstić information content (AvgIpc) is 3.00. The predicted octanol–water partition coefficient (Wildman–Crippen LogP) is 3.70. The molecule has 0 amide bonds. The third-order valence-electron chi connectivity index (χ3n) is 2.72. The van der Waals surface area contributed by atoms with Gasteiger partial charge in [-0.1, -0.05) is 15.9 Å². The first-order chi connectivity index (χ1) is 11.6. The molecule has 0 aromatic heterocycles. The Morgan fingerprint density at radius 3 is 1.88 bits per heavy atom. The molecule has 0 saturated carbocycles. The largest absolute Gasteiger partial charge is 0.462 e. The van der Waals surface area contributed by atoms with Crippen LogP contribution in [0, 0.1) is 0 Å². The molecule has 25 heavy (non-hydrogen) atoms. The first-order valence-electron chi connectivity index (χ1n) is 8.21. The lowest BCUT2D eigenvalue weighted by Crippen LogP contribution is -2.21. The monoisotopic (exact) mass is 434 g/mol. The van der Waals surface area contributed by atoms with Crippen molar-refractivity contribution in [3.63, 3.8) is 0 Å². The summed E-state index contributed by atoms with van der Waals surface area (Å²) in [6.45, 7) is 7.84. The fourth-order valence-electron chi connectivity index (χ4n) is 1.70. The summed E-state index contributed by atoms with van der Waals surface area (Å²) in [5.74, 6) is 0. The first kappa shape index (κ1) is 24.2. The Hall–Kier alpha value is -0.760. The molecule has 1 atom stereocenters. The van der Waals surface area contributed by atoms with Crippen molar-refractivity contribution in [1.29, 1.82) is 0 Å². The van der Waals surface area contributed by atoms with Crippen molar-refractivity contribution in [3.05, 3.63) is 28.7 Å². The highest BCUT2D eigenvalue weighted by Crippen LogP contribution is 2.18. The molecule has 0 N–H and O–H groups in total. The normalized spacial score (nSPS) is 15.5.